The Labute approximate surface area is 102 Å². The van der Waals surface area contributed by atoms with Crippen LogP contribution in [0.4, 0.5) is 13.2 Å². The van der Waals surface area contributed by atoms with Gasteiger partial charge >= 0.3 is 6.36 Å². The molecule has 6 heteroatoms. The van der Waals surface area contributed by atoms with Crippen molar-refractivity contribution in [2.75, 3.05) is 6.61 Å². The fourth-order valence-electron chi connectivity index (χ4n) is 1.84. The Bertz CT molecular complexity index is 436. The van der Waals surface area contributed by atoms with Gasteiger partial charge in [-0.2, -0.15) is 0 Å². The highest BCUT2D eigenvalue weighted by molar-refractivity contribution is 6.01. The quantitative estimate of drug-likeness (QED) is 0.784. The van der Waals surface area contributed by atoms with Gasteiger partial charge in [-0.15, -0.1) is 13.2 Å². The molecule has 1 aliphatic rings. The van der Waals surface area contributed by atoms with Crippen molar-refractivity contribution in [3.8, 4) is 5.75 Å². The summed E-state index contributed by atoms with van der Waals surface area (Å²) < 4.78 is 45.6. The molecule has 0 saturated carbocycles. The number of benzene rings is 1. The smallest absolute Gasteiger partial charge is 0.405 e. The number of halogens is 3. The van der Waals surface area contributed by atoms with E-state index < -0.39 is 24.0 Å². The number of rotatable bonds is 3. The summed E-state index contributed by atoms with van der Waals surface area (Å²) in [4.78, 5) is 12.0. The van der Waals surface area contributed by atoms with Crippen LogP contribution in [0, 0.1) is 0 Å². The first kappa shape index (κ1) is 12.9. The van der Waals surface area contributed by atoms with Crippen molar-refractivity contribution in [2.45, 2.75) is 25.3 Å². The Morgan fingerprint density at radius 1 is 1.33 bits per heavy atom. The highest BCUT2D eigenvalue weighted by atomic mass is 19.4. The van der Waals surface area contributed by atoms with Crippen LogP contribution in [0.25, 0.3) is 0 Å². The van der Waals surface area contributed by atoms with Crippen molar-refractivity contribution in [1.29, 1.82) is 0 Å². The van der Waals surface area contributed by atoms with Crippen LogP contribution in [-0.2, 0) is 4.74 Å². The molecule has 98 valence electrons. The lowest BCUT2D eigenvalue weighted by Crippen LogP contribution is -2.23. The van der Waals surface area contributed by atoms with Gasteiger partial charge in [0.2, 0.25) is 0 Å². The van der Waals surface area contributed by atoms with Gasteiger partial charge in [-0.3, -0.25) is 4.79 Å². The lowest BCUT2D eigenvalue weighted by atomic mass is 10.0. The zero-order valence-corrected chi connectivity index (χ0v) is 9.37. The van der Waals surface area contributed by atoms with Crippen molar-refractivity contribution in [2.24, 2.45) is 0 Å². The van der Waals surface area contributed by atoms with Crippen LogP contribution in [0.15, 0.2) is 24.3 Å². The van der Waals surface area contributed by atoms with E-state index in [1.165, 1.54) is 18.2 Å². The van der Waals surface area contributed by atoms with E-state index in [9.17, 15) is 18.0 Å². The second-order valence-corrected chi connectivity index (χ2v) is 3.91. The van der Waals surface area contributed by atoms with Gasteiger partial charge < -0.3 is 9.47 Å². The number of para-hydroxylation sites is 1. The van der Waals surface area contributed by atoms with E-state index in [4.69, 9.17) is 4.74 Å². The third-order valence-corrected chi connectivity index (χ3v) is 2.60. The highest BCUT2D eigenvalue weighted by Gasteiger charge is 2.34. The lowest BCUT2D eigenvalue weighted by molar-refractivity contribution is -0.274. The number of Topliss-reactive ketones (excluding diaryl/α,β-unsaturated/α-hetero) is 1. The van der Waals surface area contributed by atoms with E-state index in [1.54, 1.807) is 0 Å². The zero-order valence-electron chi connectivity index (χ0n) is 9.37. The predicted octanol–water partition coefficient (Wildman–Crippen LogP) is 2.95. The molecule has 1 atom stereocenters. The van der Waals surface area contributed by atoms with Gasteiger partial charge in [0.15, 0.2) is 5.78 Å². The van der Waals surface area contributed by atoms with Crippen molar-refractivity contribution in [3.63, 3.8) is 0 Å². The summed E-state index contributed by atoms with van der Waals surface area (Å²) >= 11 is 0. The summed E-state index contributed by atoms with van der Waals surface area (Å²) in [6, 6.07) is 5.31. The van der Waals surface area contributed by atoms with Crippen molar-refractivity contribution >= 4 is 5.78 Å². The molecule has 1 heterocycles. The van der Waals surface area contributed by atoms with Gasteiger partial charge in [0.1, 0.15) is 11.9 Å². The predicted molar refractivity (Wildman–Crippen MR) is 56.4 cm³/mol. The van der Waals surface area contributed by atoms with Crippen LogP contribution in [0.1, 0.15) is 23.2 Å². The SMILES string of the molecule is O=C(c1ccccc1OC(F)(F)F)C1CCCO1. The number of hydrogen-bond donors (Lipinski definition) is 0. The normalized spacial score (nSPS) is 19.8. The van der Waals surface area contributed by atoms with E-state index in [-0.39, 0.29) is 5.56 Å². The summed E-state index contributed by atoms with van der Waals surface area (Å²) in [5, 5.41) is 0. The van der Waals surface area contributed by atoms with Gasteiger partial charge in [-0.1, -0.05) is 12.1 Å². The standard InChI is InChI=1S/C12H11F3O3/c13-12(14,15)18-9-5-2-1-4-8(9)11(16)10-6-3-7-17-10/h1-2,4-5,10H,3,6-7H2. The Morgan fingerprint density at radius 3 is 2.67 bits per heavy atom. The molecule has 0 spiro atoms. The Hall–Kier alpha value is -1.56. The molecule has 0 N–H and O–H groups in total. The molecular weight excluding hydrogens is 249 g/mol. The molecule has 0 radical (unpaired) electrons. The summed E-state index contributed by atoms with van der Waals surface area (Å²) in [5.41, 5.74) is -0.0956. The number of ether oxygens (including phenoxy) is 2. The van der Waals surface area contributed by atoms with Gasteiger partial charge in [-0.25, -0.2) is 0 Å². The third kappa shape index (κ3) is 3.01. The summed E-state index contributed by atoms with van der Waals surface area (Å²) in [6.07, 6.45) is -4.21. The number of alkyl halides is 3. The average Bonchev–Trinajstić information content (AvgIpc) is 2.80. The Balaban J connectivity index is 2.23. The first-order valence-electron chi connectivity index (χ1n) is 5.48. The highest BCUT2D eigenvalue weighted by Crippen LogP contribution is 2.28. The van der Waals surface area contributed by atoms with Crippen molar-refractivity contribution in [1.82, 2.24) is 0 Å². The molecule has 18 heavy (non-hydrogen) atoms. The van der Waals surface area contributed by atoms with Gasteiger partial charge in [0.05, 0.1) is 5.56 Å². The fourth-order valence-corrected chi connectivity index (χ4v) is 1.84. The van der Waals surface area contributed by atoms with Crippen LogP contribution < -0.4 is 4.74 Å². The number of carbonyl (C=O) groups excluding carboxylic acids is 1. The second-order valence-electron chi connectivity index (χ2n) is 3.91. The first-order valence-corrected chi connectivity index (χ1v) is 5.48. The first-order chi connectivity index (χ1) is 8.47. The molecule has 1 aromatic carbocycles. The number of hydrogen-bond acceptors (Lipinski definition) is 3. The maximum atomic E-state index is 12.2. The van der Waals surface area contributed by atoms with Gasteiger partial charge in [0.25, 0.3) is 0 Å². The largest absolute Gasteiger partial charge is 0.573 e. The second kappa shape index (κ2) is 4.97. The number of carbonyl (C=O) groups is 1. The Morgan fingerprint density at radius 2 is 2.06 bits per heavy atom. The Kier molecular flexibility index (Phi) is 3.56. The van der Waals surface area contributed by atoms with E-state index >= 15 is 0 Å². The van der Waals surface area contributed by atoms with Crippen molar-refractivity contribution < 1.29 is 27.4 Å². The van der Waals surface area contributed by atoms with Gasteiger partial charge in [0, 0.05) is 6.61 Å². The van der Waals surface area contributed by atoms with Crippen LogP contribution in [-0.4, -0.2) is 24.9 Å². The van der Waals surface area contributed by atoms with E-state index in [2.05, 4.69) is 4.74 Å². The summed E-state index contributed by atoms with van der Waals surface area (Å²) in [7, 11) is 0. The minimum atomic E-state index is -4.81. The number of ketones is 1. The van der Waals surface area contributed by atoms with E-state index in [0.717, 1.165) is 12.5 Å². The van der Waals surface area contributed by atoms with Crippen LogP contribution in [0.5, 0.6) is 5.75 Å². The molecule has 0 aromatic heterocycles. The molecule has 1 fully saturated rings. The third-order valence-electron chi connectivity index (χ3n) is 2.60. The molecule has 1 unspecified atom stereocenters. The fraction of sp³-hybridized carbons (Fsp3) is 0.417. The summed E-state index contributed by atoms with van der Waals surface area (Å²) in [6.45, 7) is 0.457. The molecule has 0 aliphatic carbocycles. The topological polar surface area (TPSA) is 35.5 Å². The monoisotopic (exact) mass is 260 g/mol. The maximum Gasteiger partial charge on any atom is 0.573 e. The molecule has 3 nitrogen and oxygen atoms in total. The maximum absolute atomic E-state index is 12.2. The molecule has 1 saturated heterocycles. The van der Waals surface area contributed by atoms with Crippen molar-refractivity contribution in [3.05, 3.63) is 29.8 Å². The zero-order chi connectivity index (χ0) is 13.2. The molecule has 0 amide bonds. The molecule has 1 aromatic rings. The molecule has 1 aliphatic heterocycles. The molecule has 0 bridgehead atoms. The minimum absolute atomic E-state index is 0.0956. The van der Waals surface area contributed by atoms with E-state index in [0.29, 0.717) is 13.0 Å². The lowest BCUT2D eigenvalue weighted by Gasteiger charge is -2.14. The minimum Gasteiger partial charge on any atom is -0.405 e. The van der Waals surface area contributed by atoms with E-state index in [1.807, 2.05) is 0 Å². The molecule has 2 rings (SSSR count). The van der Waals surface area contributed by atoms with Crippen LogP contribution in [0.3, 0.4) is 0 Å². The average molecular weight is 260 g/mol. The van der Waals surface area contributed by atoms with Crippen LogP contribution in [0.2, 0.25) is 0 Å². The van der Waals surface area contributed by atoms with Crippen LogP contribution >= 0.6 is 0 Å². The molecular formula is C12H11F3O3. The summed E-state index contributed by atoms with van der Waals surface area (Å²) in [5.74, 6) is -0.946. The van der Waals surface area contributed by atoms with Gasteiger partial charge in [-0.05, 0) is 25.0 Å².